The lowest BCUT2D eigenvalue weighted by Crippen LogP contribution is -2.48. The van der Waals surface area contributed by atoms with Crippen molar-refractivity contribution in [2.45, 2.75) is 50.7 Å². The molecule has 3 N–H and O–H groups in total. The van der Waals surface area contributed by atoms with Crippen LogP contribution in [0.5, 0.6) is 0 Å². The van der Waals surface area contributed by atoms with Crippen LogP contribution in [0.1, 0.15) is 38.5 Å². The molecule has 0 radical (unpaired) electrons. The number of carboxylic acid groups (broad SMARTS) is 1. The second-order valence-corrected chi connectivity index (χ2v) is 4.83. The highest BCUT2D eigenvalue weighted by Crippen LogP contribution is 2.18. The molecule has 0 aliphatic heterocycles. The minimum absolute atomic E-state index is 0.0723. The molecule has 0 aromatic carbocycles. The molecular weight excluding hydrogens is 236 g/mol. The van der Waals surface area contributed by atoms with Crippen LogP contribution in [0.3, 0.4) is 0 Å². The number of carboxylic acids is 1. The molecule has 6 heteroatoms. The maximum atomic E-state index is 11.8. The first kappa shape index (κ1) is 14.8. The number of aliphatic carboxylic acids is 1. The smallest absolute Gasteiger partial charge is 0.317 e. The van der Waals surface area contributed by atoms with Crippen LogP contribution in [0.25, 0.3) is 0 Å². The lowest BCUT2D eigenvalue weighted by molar-refractivity contribution is -0.137. The molecule has 1 rings (SSSR count). The van der Waals surface area contributed by atoms with Gasteiger partial charge in [-0.25, -0.2) is 4.79 Å². The molecule has 0 saturated heterocycles. The van der Waals surface area contributed by atoms with Gasteiger partial charge in [-0.1, -0.05) is 19.3 Å². The summed E-state index contributed by atoms with van der Waals surface area (Å²) in [5.41, 5.74) is 0. The van der Waals surface area contributed by atoms with Crippen molar-refractivity contribution in [3.63, 3.8) is 0 Å². The van der Waals surface area contributed by atoms with Crippen molar-refractivity contribution in [1.29, 1.82) is 0 Å². The summed E-state index contributed by atoms with van der Waals surface area (Å²) in [4.78, 5) is 23.5. The second kappa shape index (κ2) is 7.20. The number of carbonyl (C=O) groups is 2. The van der Waals surface area contributed by atoms with Gasteiger partial charge < -0.3 is 20.4 Å². The van der Waals surface area contributed by atoms with Crippen molar-refractivity contribution in [1.82, 2.24) is 10.2 Å². The number of hydrogen-bond acceptors (Lipinski definition) is 3. The van der Waals surface area contributed by atoms with Gasteiger partial charge >= 0.3 is 12.0 Å². The standard InChI is InChI=1S/C12H22N2O4/c1-14(8-7-11(16)17)12(18)13-9-5-3-2-4-6-10(9)15/h9-10,15H,2-8H2,1H3,(H,13,18)(H,16,17). The van der Waals surface area contributed by atoms with Crippen LogP contribution in [-0.2, 0) is 4.79 Å². The fourth-order valence-corrected chi connectivity index (χ4v) is 2.09. The van der Waals surface area contributed by atoms with E-state index >= 15 is 0 Å². The molecule has 1 aliphatic carbocycles. The summed E-state index contributed by atoms with van der Waals surface area (Å²) in [6, 6.07) is -0.533. The van der Waals surface area contributed by atoms with E-state index in [1.807, 2.05) is 0 Å². The minimum Gasteiger partial charge on any atom is -0.481 e. The van der Waals surface area contributed by atoms with Crippen LogP contribution in [0.2, 0.25) is 0 Å². The Hall–Kier alpha value is -1.30. The quantitative estimate of drug-likeness (QED) is 0.650. The maximum absolute atomic E-state index is 11.8. The van der Waals surface area contributed by atoms with Gasteiger partial charge in [0.05, 0.1) is 18.6 Å². The Balaban J connectivity index is 2.39. The Morgan fingerprint density at radius 1 is 1.28 bits per heavy atom. The lowest BCUT2D eigenvalue weighted by atomic mass is 10.1. The van der Waals surface area contributed by atoms with Gasteiger partial charge in [-0.05, 0) is 12.8 Å². The van der Waals surface area contributed by atoms with Gasteiger partial charge in [0.2, 0.25) is 0 Å². The summed E-state index contributed by atoms with van der Waals surface area (Å²) in [7, 11) is 1.56. The van der Waals surface area contributed by atoms with Crippen LogP contribution >= 0.6 is 0 Å². The van der Waals surface area contributed by atoms with Crippen molar-refractivity contribution < 1.29 is 19.8 Å². The summed E-state index contributed by atoms with van der Waals surface area (Å²) in [5, 5.41) is 21.2. The molecule has 0 spiro atoms. The fourth-order valence-electron chi connectivity index (χ4n) is 2.09. The fraction of sp³-hybridized carbons (Fsp3) is 0.833. The van der Waals surface area contributed by atoms with Gasteiger partial charge in [0.15, 0.2) is 0 Å². The van der Waals surface area contributed by atoms with Gasteiger partial charge in [-0.15, -0.1) is 0 Å². The number of nitrogens with zero attached hydrogens (tertiary/aromatic N) is 1. The van der Waals surface area contributed by atoms with Gasteiger partial charge in [0.1, 0.15) is 0 Å². The Morgan fingerprint density at radius 3 is 2.61 bits per heavy atom. The number of urea groups is 1. The monoisotopic (exact) mass is 258 g/mol. The summed E-state index contributed by atoms with van der Waals surface area (Å²) >= 11 is 0. The van der Waals surface area contributed by atoms with E-state index in [4.69, 9.17) is 5.11 Å². The number of hydrogen-bond donors (Lipinski definition) is 3. The van der Waals surface area contributed by atoms with E-state index in [0.29, 0.717) is 6.42 Å². The molecule has 0 bridgehead atoms. The summed E-state index contributed by atoms with van der Waals surface area (Å²) in [6.07, 6.45) is 3.99. The molecule has 0 aromatic rings. The number of rotatable bonds is 4. The average Bonchev–Trinajstić information content (AvgIpc) is 2.51. The van der Waals surface area contributed by atoms with E-state index in [9.17, 15) is 14.7 Å². The van der Waals surface area contributed by atoms with Gasteiger partial charge in [-0.2, -0.15) is 0 Å². The normalized spacial score (nSPS) is 24.1. The molecule has 2 atom stereocenters. The van der Waals surface area contributed by atoms with Crippen LogP contribution < -0.4 is 5.32 Å². The maximum Gasteiger partial charge on any atom is 0.317 e. The van der Waals surface area contributed by atoms with E-state index in [0.717, 1.165) is 25.7 Å². The Kier molecular flexibility index (Phi) is 5.91. The van der Waals surface area contributed by atoms with Crippen LogP contribution in [0.4, 0.5) is 4.79 Å². The average molecular weight is 258 g/mol. The van der Waals surface area contributed by atoms with Gasteiger partial charge in [0.25, 0.3) is 0 Å². The Bertz CT molecular complexity index is 296. The molecule has 1 fully saturated rings. The van der Waals surface area contributed by atoms with E-state index in [2.05, 4.69) is 5.32 Å². The molecular formula is C12H22N2O4. The summed E-state index contributed by atoms with van der Waals surface area (Å²) in [5.74, 6) is -0.927. The highest BCUT2D eigenvalue weighted by Gasteiger charge is 2.24. The molecule has 104 valence electrons. The third-order valence-electron chi connectivity index (χ3n) is 3.30. The molecule has 18 heavy (non-hydrogen) atoms. The third-order valence-corrected chi connectivity index (χ3v) is 3.30. The highest BCUT2D eigenvalue weighted by atomic mass is 16.4. The SMILES string of the molecule is CN(CCC(=O)O)C(=O)NC1CCCCCC1O. The minimum atomic E-state index is -0.927. The molecule has 1 saturated carbocycles. The highest BCUT2D eigenvalue weighted by molar-refractivity contribution is 5.75. The van der Waals surface area contributed by atoms with Crippen molar-refractivity contribution in [3.05, 3.63) is 0 Å². The van der Waals surface area contributed by atoms with E-state index in [1.54, 1.807) is 7.05 Å². The topological polar surface area (TPSA) is 89.9 Å². The first-order chi connectivity index (χ1) is 8.50. The summed E-state index contributed by atoms with van der Waals surface area (Å²) < 4.78 is 0. The molecule has 2 amide bonds. The second-order valence-electron chi connectivity index (χ2n) is 4.83. The Morgan fingerprint density at radius 2 is 1.94 bits per heavy atom. The van der Waals surface area contributed by atoms with E-state index < -0.39 is 12.1 Å². The first-order valence-electron chi connectivity index (χ1n) is 6.42. The predicted molar refractivity (Wildman–Crippen MR) is 66.3 cm³/mol. The first-order valence-corrected chi connectivity index (χ1v) is 6.42. The van der Waals surface area contributed by atoms with Crippen molar-refractivity contribution in [3.8, 4) is 0 Å². The van der Waals surface area contributed by atoms with Gasteiger partial charge in [-0.3, -0.25) is 4.79 Å². The number of aliphatic hydroxyl groups excluding tert-OH is 1. The zero-order valence-corrected chi connectivity index (χ0v) is 10.8. The summed E-state index contributed by atoms with van der Waals surface area (Å²) in [6.45, 7) is 0.171. The van der Waals surface area contributed by atoms with Crippen molar-refractivity contribution >= 4 is 12.0 Å². The van der Waals surface area contributed by atoms with E-state index in [-0.39, 0.29) is 25.0 Å². The zero-order valence-electron chi connectivity index (χ0n) is 10.8. The number of carbonyl (C=O) groups excluding carboxylic acids is 1. The number of amides is 2. The third kappa shape index (κ3) is 4.91. The predicted octanol–water partition coefficient (Wildman–Crippen LogP) is 0.796. The molecule has 0 aromatic heterocycles. The molecule has 0 heterocycles. The molecule has 6 nitrogen and oxygen atoms in total. The lowest BCUT2D eigenvalue weighted by Gasteiger charge is -2.25. The van der Waals surface area contributed by atoms with Crippen LogP contribution in [0.15, 0.2) is 0 Å². The molecule has 2 unspecified atom stereocenters. The van der Waals surface area contributed by atoms with Crippen molar-refractivity contribution in [2.24, 2.45) is 0 Å². The number of aliphatic hydroxyl groups is 1. The van der Waals surface area contributed by atoms with Gasteiger partial charge in [0, 0.05) is 13.6 Å². The van der Waals surface area contributed by atoms with E-state index in [1.165, 1.54) is 4.90 Å². The number of nitrogens with one attached hydrogen (secondary N) is 1. The largest absolute Gasteiger partial charge is 0.481 e. The van der Waals surface area contributed by atoms with Crippen LogP contribution in [0, 0.1) is 0 Å². The zero-order chi connectivity index (χ0) is 13.5. The Labute approximate surface area is 107 Å². The molecule has 1 aliphatic rings. The van der Waals surface area contributed by atoms with Crippen molar-refractivity contribution in [2.75, 3.05) is 13.6 Å². The van der Waals surface area contributed by atoms with Crippen LogP contribution in [-0.4, -0.2) is 52.9 Å².